The molecule has 0 N–H and O–H groups in total. The van der Waals surface area contributed by atoms with Crippen molar-refractivity contribution in [1.29, 1.82) is 0 Å². The topological polar surface area (TPSA) is 48.2 Å². The molecule has 0 aromatic carbocycles. The predicted molar refractivity (Wildman–Crippen MR) is 73.4 cm³/mol. The summed E-state index contributed by atoms with van der Waals surface area (Å²) in [5.41, 5.74) is 0. The molecular weight excluding hydrogens is 260 g/mol. The summed E-state index contributed by atoms with van der Waals surface area (Å²) in [5.74, 6) is 2.38. The summed E-state index contributed by atoms with van der Waals surface area (Å²) in [6, 6.07) is 4.38. The smallest absolute Gasteiger partial charge is 0.230 e. The Morgan fingerprint density at radius 1 is 1.42 bits per heavy atom. The molecule has 5 heteroatoms. The molecule has 0 spiro atoms. The van der Waals surface area contributed by atoms with E-state index in [4.69, 9.17) is 9.26 Å². The zero-order chi connectivity index (χ0) is 13.4. The van der Waals surface area contributed by atoms with Crippen LogP contribution in [0.5, 0.6) is 0 Å². The second-order valence-electron chi connectivity index (χ2n) is 5.31. The molecule has 2 aromatic heterocycles. The first-order chi connectivity index (χ1) is 9.13. The van der Waals surface area contributed by atoms with Gasteiger partial charge in [0.25, 0.3) is 0 Å². The van der Waals surface area contributed by atoms with Crippen molar-refractivity contribution in [2.24, 2.45) is 0 Å². The third-order valence-electron chi connectivity index (χ3n) is 3.26. The molecule has 0 saturated heterocycles. The molecule has 19 heavy (non-hydrogen) atoms. The maximum Gasteiger partial charge on any atom is 0.230 e. The fourth-order valence-electron chi connectivity index (χ4n) is 2.15. The molecule has 2 aromatic rings. The van der Waals surface area contributed by atoms with Crippen LogP contribution in [-0.2, 0) is 11.3 Å². The summed E-state index contributed by atoms with van der Waals surface area (Å²) in [7, 11) is 0. The Morgan fingerprint density at radius 3 is 2.95 bits per heavy atom. The average molecular weight is 278 g/mol. The summed E-state index contributed by atoms with van der Waals surface area (Å²) in [5, 5.41) is 3.98. The van der Waals surface area contributed by atoms with Gasteiger partial charge in [0.05, 0.1) is 6.10 Å². The van der Waals surface area contributed by atoms with Crippen molar-refractivity contribution in [2.45, 2.75) is 51.7 Å². The summed E-state index contributed by atoms with van der Waals surface area (Å²) >= 11 is 1.86. The molecule has 102 valence electrons. The van der Waals surface area contributed by atoms with Gasteiger partial charge in [-0.3, -0.25) is 0 Å². The SMILES string of the molecule is Cc1ccc(C2CC2c2nc(COC(C)C)no2)s1. The van der Waals surface area contributed by atoms with Crippen molar-refractivity contribution in [2.75, 3.05) is 0 Å². The molecule has 0 radical (unpaired) electrons. The van der Waals surface area contributed by atoms with Gasteiger partial charge in [0.2, 0.25) is 5.89 Å². The molecule has 0 amide bonds. The maximum atomic E-state index is 5.47. The zero-order valence-electron chi connectivity index (χ0n) is 11.4. The Hall–Kier alpha value is -1.20. The summed E-state index contributed by atoms with van der Waals surface area (Å²) in [4.78, 5) is 7.22. The zero-order valence-corrected chi connectivity index (χ0v) is 12.2. The van der Waals surface area contributed by atoms with E-state index >= 15 is 0 Å². The van der Waals surface area contributed by atoms with E-state index in [9.17, 15) is 0 Å². The highest BCUT2D eigenvalue weighted by atomic mass is 32.1. The first-order valence-corrected chi connectivity index (χ1v) is 7.45. The number of ether oxygens (including phenoxy) is 1. The molecule has 2 heterocycles. The number of thiophene rings is 1. The van der Waals surface area contributed by atoms with E-state index in [1.807, 2.05) is 25.2 Å². The third kappa shape index (κ3) is 2.87. The van der Waals surface area contributed by atoms with Gasteiger partial charge in [0.15, 0.2) is 5.82 Å². The fraction of sp³-hybridized carbons (Fsp3) is 0.571. The molecule has 0 aliphatic heterocycles. The third-order valence-corrected chi connectivity index (χ3v) is 4.40. The van der Waals surface area contributed by atoms with Gasteiger partial charge in [-0.05, 0) is 39.3 Å². The first kappa shape index (κ1) is 12.8. The molecule has 1 aliphatic carbocycles. The Labute approximate surface area is 116 Å². The van der Waals surface area contributed by atoms with E-state index < -0.39 is 0 Å². The van der Waals surface area contributed by atoms with Crippen LogP contribution in [0.3, 0.4) is 0 Å². The summed E-state index contributed by atoms with van der Waals surface area (Å²) in [6.45, 7) is 6.56. The second kappa shape index (κ2) is 5.06. The number of nitrogens with zero attached hydrogens (tertiary/aromatic N) is 2. The van der Waals surface area contributed by atoms with Crippen molar-refractivity contribution in [1.82, 2.24) is 10.1 Å². The van der Waals surface area contributed by atoms with Crippen LogP contribution in [0, 0.1) is 6.92 Å². The normalized spacial score (nSPS) is 22.1. The predicted octanol–water partition coefficient (Wildman–Crippen LogP) is 3.64. The van der Waals surface area contributed by atoms with Crippen LogP contribution >= 0.6 is 11.3 Å². The first-order valence-electron chi connectivity index (χ1n) is 6.64. The molecular formula is C14H18N2O2S. The van der Waals surface area contributed by atoms with Gasteiger partial charge in [-0.1, -0.05) is 5.16 Å². The minimum Gasteiger partial charge on any atom is -0.371 e. The Balaban J connectivity index is 1.62. The van der Waals surface area contributed by atoms with Crippen molar-refractivity contribution in [3.8, 4) is 0 Å². The van der Waals surface area contributed by atoms with Crippen molar-refractivity contribution in [3.63, 3.8) is 0 Å². The molecule has 1 fully saturated rings. The maximum absolute atomic E-state index is 5.47. The molecule has 0 bridgehead atoms. The fourth-order valence-corrected chi connectivity index (χ4v) is 3.21. The molecule has 1 saturated carbocycles. The van der Waals surface area contributed by atoms with E-state index in [0.29, 0.717) is 24.3 Å². The number of rotatable bonds is 5. The lowest BCUT2D eigenvalue weighted by molar-refractivity contribution is 0.0601. The van der Waals surface area contributed by atoms with Gasteiger partial charge in [-0.2, -0.15) is 4.98 Å². The van der Waals surface area contributed by atoms with E-state index in [1.165, 1.54) is 9.75 Å². The van der Waals surface area contributed by atoms with Gasteiger partial charge >= 0.3 is 0 Å². The van der Waals surface area contributed by atoms with Gasteiger partial charge < -0.3 is 9.26 Å². The van der Waals surface area contributed by atoms with Gasteiger partial charge in [0.1, 0.15) is 6.61 Å². The van der Waals surface area contributed by atoms with Gasteiger partial charge in [0, 0.05) is 21.6 Å². The highest BCUT2D eigenvalue weighted by Crippen LogP contribution is 2.55. The lowest BCUT2D eigenvalue weighted by atomic mass is 10.2. The van der Waals surface area contributed by atoms with E-state index in [0.717, 1.165) is 12.3 Å². The van der Waals surface area contributed by atoms with Crippen molar-refractivity contribution in [3.05, 3.63) is 33.6 Å². The van der Waals surface area contributed by atoms with E-state index in [2.05, 4.69) is 29.2 Å². The van der Waals surface area contributed by atoms with Crippen LogP contribution < -0.4 is 0 Å². The van der Waals surface area contributed by atoms with Gasteiger partial charge in [-0.15, -0.1) is 11.3 Å². The standard InChI is InChI=1S/C14H18N2O2S/c1-8(2)17-7-13-15-14(18-16-13)11-6-10(11)12-5-4-9(3)19-12/h4-5,8,10-11H,6-7H2,1-3H3. The quantitative estimate of drug-likeness (QED) is 0.838. The van der Waals surface area contributed by atoms with Crippen molar-refractivity contribution >= 4 is 11.3 Å². The van der Waals surface area contributed by atoms with Crippen LogP contribution in [0.25, 0.3) is 0 Å². The lowest BCUT2D eigenvalue weighted by Crippen LogP contribution is -2.03. The summed E-state index contributed by atoms with van der Waals surface area (Å²) < 4.78 is 10.8. The molecule has 2 unspecified atom stereocenters. The second-order valence-corrected chi connectivity index (χ2v) is 6.63. The number of hydrogen-bond donors (Lipinski definition) is 0. The molecule has 1 aliphatic rings. The van der Waals surface area contributed by atoms with Crippen LogP contribution in [0.4, 0.5) is 0 Å². The Bertz CT molecular complexity index is 561. The highest BCUT2D eigenvalue weighted by molar-refractivity contribution is 7.12. The van der Waals surface area contributed by atoms with Crippen LogP contribution in [-0.4, -0.2) is 16.2 Å². The van der Waals surface area contributed by atoms with E-state index in [1.54, 1.807) is 0 Å². The van der Waals surface area contributed by atoms with Crippen LogP contribution in [0.15, 0.2) is 16.7 Å². The molecule has 4 nitrogen and oxygen atoms in total. The number of aryl methyl sites for hydroxylation is 1. The average Bonchev–Trinajstić information content (AvgIpc) is 2.83. The Morgan fingerprint density at radius 2 is 2.26 bits per heavy atom. The van der Waals surface area contributed by atoms with Crippen LogP contribution in [0.2, 0.25) is 0 Å². The van der Waals surface area contributed by atoms with Crippen LogP contribution in [0.1, 0.15) is 53.6 Å². The number of aromatic nitrogens is 2. The summed E-state index contributed by atoms with van der Waals surface area (Å²) in [6.07, 6.45) is 1.30. The minimum absolute atomic E-state index is 0.185. The molecule has 2 atom stereocenters. The number of hydrogen-bond acceptors (Lipinski definition) is 5. The Kier molecular flexibility index (Phi) is 3.41. The minimum atomic E-state index is 0.185. The van der Waals surface area contributed by atoms with Gasteiger partial charge in [-0.25, -0.2) is 0 Å². The molecule has 3 rings (SSSR count). The highest BCUT2D eigenvalue weighted by Gasteiger charge is 2.44. The monoisotopic (exact) mass is 278 g/mol. The lowest BCUT2D eigenvalue weighted by Gasteiger charge is -2.02. The largest absolute Gasteiger partial charge is 0.371 e. The van der Waals surface area contributed by atoms with Crippen molar-refractivity contribution < 1.29 is 9.26 Å². The van der Waals surface area contributed by atoms with E-state index in [-0.39, 0.29) is 6.10 Å².